The number of carbonyl (C=O) groups excluding carboxylic acids is 1. The summed E-state index contributed by atoms with van der Waals surface area (Å²) in [5.74, 6) is -0.214. The Balaban J connectivity index is 2.07. The van der Waals surface area contributed by atoms with Gasteiger partial charge in [0.25, 0.3) is 5.91 Å². The molecule has 1 N–H and O–H groups in total. The second kappa shape index (κ2) is 8.11. The number of amides is 1. The minimum absolute atomic E-state index is 0.0759. The normalized spacial score (nSPS) is 10.2. The van der Waals surface area contributed by atoms with E-state index in [1.165, 1.54) is 0 Å². The fraction of sp³-hybridized carbons (Fsp3) is 0.105. The van der Waals surface area contributed by atoms with Crippen molar-refractivity contribution in [3.8, 4) is 25.1 Å². The molecule has 6 heteroatoms. The molecule has 0 heterocycles. The van der Waals surface area contributed by atoms with Crippen molar-refractivity contribution in [2.75, 3.05) is 5.32 Å². The highest BCUT2D eigenvalue weighted by Gasteiger charge is 2.26. The van der Waals surface area contributed by atoms with Gasteiger partial charge in [0, 0.05) is 11.3 Å². The fourth-order valence-corrected chi connectivity index (χ4v) is 3.30. The van der Waals surface area contributed by atoms with Crippen molar-refractivity contribution >= 4 is 19.2 Å². The predicted molar refractivity (Wildman–Crippen MR) is 96.7 cm³/mol. The van der Waals surface area contributed by atoms with Crippen LogP contribution in [0.4, 0.5) is 5.69 Å². The third-order valence-electron chi connectivity index (χ3n) is 3.25. The van der Waals surface area contributed by atoms with Gasteiger partial charge >= 0.3 is 7.60 Å². The fourth-order valence-electron chi connectivity index (χ4n) is 2.15. The summed E-state index contributed by atoms with van der Waals surface area (Å²) in [7, 11) is -3.60. The highest BCUT2D eigenvalue weighted by molar-refractivity contribution is 7.53. The number of hydrogen-bond donors (Lipinski definition) is 1. The number of rotatable bonds is 6. The molecule has 0 atom stereocenters. The lowest BCUT2D eigenvalue weighted by Crippen LogP contribution is -2.11. The molecule has 0 fully saturated rings. The van der Waals surface area contributed by atoms with Gasteiger partial charge in [-0.15, -0.1) is 0 Å². The van der Waals surface area contributed by atoms with Crippen molar-refractivity contribution in [1.29, 1.82) is 0 Å². The highest BCUT2D eigenvalue weighted by Crippen LogP contribution is 2.50. The minimum atomic E-state index is -3.60. The Labute approximate surface area is 146 Å². The summed E-state index contributed by atoms with van der Waals surface area (Å²) in [5, 5.41) is 2.79. The molecule has 2 rings (SSSR count). The Morgan fingerprint density at radius 1 is 1.12 bits per heavy atom. The zero-order valence-electron chi connectivity index (χ0n) is 13.6. The molecule has 5 nitrogen and oxygen atoms in total. The summed E-state index contributed by atoms with van der Waals surface area (Å²) in [6.45, 7) is 1.92. The summed E-state index contributed by atoms with van der Waals surface area (Å²) in [4.78, 5) is 12.2. The van der Waals surface area contributed by atoms with Crippen molar-refractivity contribution < 1.29 is 18.4 Å². The molecular formula is C19H16NO4P. The molecule has 0 saturated carbocycles. The van der Waals surface area contributed by atoms with Crippen LogP contribution in [0.25, 0.3) is 0 Å². The number of anilines is 1. The van der Waals surface area contributed by atoms with Crippen LogP contribution in [0.1, 0.15) is 21.5 Å². The first-order valence-electron chi connectivity index (χ1n) is 7.30. The smallest absolute Gasteiger partial charge is 0.362 e. The van der Waals surface area contributed by atoms with Crippen molar-refractivity contribution in [3.05, 3.63) is 65.2 Å². The predicted octanol–water partition coefficient (Wildman–Crippen LogP) is 4.16. The summed E-state index contributed by atoms with van der Waals surface area (Å²) < 4.78 is 21.6. The third kappa shape index (κ3) is 5.18. The number of hydrogen-bond acceptors (Lipinski definition) is 4. The monoisotopic (exact) mass is 353 g/mol. The Hall–Kier alpha value is -3.14. The van der Waals surface area contributed by atoms with Crippen LogP contribution < -0.4 is 5.32 Å². The SMILES string of the molecule is C#COP(=O)(Cc1ccc(NC(=O)c2cccc(C)c2)cc1)OC#C. The topological polar surface area (TPSA) is 64.6 Å². The lowest BCUT2D eigenvalue weighted by molar-refractivity contribution is 0.102. The van der Waals surface area contributed by atoms with Crippen LogP contribution >= 0.6 is 7.60 Å². The number of nitrogens with one attached hydrogen (secondary N) is 1. The van der Waals surface area contributed by atoms with Crippen LogP contribution in [0.15, 0.2) is 48.5 Å². The molecule has 1 amide bonds. The molecule has 0 spiro atoms. The summed E-state index contributed by atoms with van der Waals surface area (Å²) in [6.07, 6.45) is 13.6. The van der Waals surface area contributed by atoms with E-state index in [0.29, 0.717) is 16.8 Å². The van der Waals surface area contributed by atoms with Gasteiger partial charge in [0.2, 0.25) is 0 Å². The molecule has 25 heavy (non-hydrogen) atoms. The maximum absolute atomic E-state index is 12.3. The van der Waals surface area contributed by atoms with Crippen LogP contribution in [-0.2, 0) is 19.8 Å². The second-order valence-corrected chi connectivity index (χ2v) is 7.11. The lowest BCUT2D eigenvalue weighted by atomic mass is 10.1. The van der Waals surface area contributed by atoms with E-state index >= 15 is 0 Å². The summed E-state index contributed by atoms with van der Waals surface area (Å²) >= 11 is 0. The van der Waals surface area contributed by atoms with E-state index in [4.69, 9.17) is 12.8 Å². The van der Waals surface area contributed by atoms with Gasteiger partial charge in [0.15, 0.2) is 0 Å². The molecule has 0 aliphatic carbocycles. The summed E-state index contributed by atoms with van der Waals surface area (Å²) in [5.41, 5.74) is 2.81. The average Bonchev–Trinajstić information content (AvgIpc) is 2.57. The molecule has 0 aliphatic rings. The maximum Gasteiger partial charge on any atom is 0.451 e. The molecule has 2 aromatic rings. The first kappa shape index (κ1) is 18.2. The molecule has 0 radical (unpaired) electrons. The minimum Gasteiger partial charge on any atom is -0.362 e. The lowest BCUT2D eigenvalue weighted by Gasteiger charge is -2.12. The van der Waals surface area contributed by atoms with Crippen molar-refractivity contribution in [1.82, 2.24) is 0 Å². The Kier molecular flexibility index (Phi) is 5.90. The van der Waals surface area contributed by atoms with E-state index in [1.807, 2.05) is 31.3 Å². The van der Waals surface area contributed by atoms with Crippen LogP contribution in [0.2, 0.25) is 0 Å². The standard InChI is InChI=1S/C19H16NO4P/c1-4-23-25(22,24-5-2)14-16-9-11-18(12-10-16)20-19(21)17-8-6-7-15(3)13-17/h1-2,6-13H,14H2,3H3,(H,20,21). The molecule has 0 bridgehead atoms. The van der Waals surface area contributed by atoms with Crippen LogP contribution in [0, 0.1) is 32.0 Å². The molecule has 126 valence electrons. The van der Waals surface area contributed by atoms with Gasteiger partial charge in [-0.25, -0.2) is 4.57 Å². The zero-order chi connectivity index (χ0) is 18.3. The summed E-state index contributed by atoms with van der Waals surface area (Å²) in [6, 6.07) is 14.0. The van der Waals surface area contributed by atoms with Crippen molar-refractivity contribution in [3.63, 3.8) is 0 Å². The van der Waals surface area contributed by atoms with E-state index in [2.05, 4.69) is 14.4 Å². The van der Waals surface area contributed by atoms with Gasteiger partial charge in [-0.05, 0) is 36.8 Å². The van der Waals surface area contributed by atoms with E-state index in [-0.39, 0.29) is 12.1 Å². The van der Waals surface area contributed by atoms with Crippen LogP contribution in [0.5, 0.6) is 0 Å². The van der Waals surface area contributed by atoms with Gasteiger partial charge in [-0.1, -0.05) is 42.7 Å². The second-order valence-electron chi connectivity index (χ2n) is 5.21. The molecule has 0 saturated heterocycles. The number of aryl methyl sites for hydroxylation is 1. The maximum atomic E-state index is 12.3. The zero-order valence-corrected chi connectivity index (χ0v) is 14.5. The van der Waals surface area contributed by atoms with Gasteiger partial charge in [-0.2, -0.15) is 0 Å². The number of terminal acetylenes is 2. The highest BCUT2D eigenvalue weighted by atomic mass is 31.2. The number of carbonyl (C=O) groups is 1. The van der Waals surface area contributed by atoms with Crippen LogP contribution in [0.3, 0.4) is 0 Å². The molecule has 0 aromatic heterocycles. The Bertz CT molecular complexity index is 871. The van der Waals surface area contributed by atoms with E-state index in [0.717, 1.165) is 5.56 Å². The van der Waals surface area contributed by atoms with Gasteiger partial charge in [-0.3, -0.25) is 4.79 Å². The van der Waals surface area contributed by atoms with Crippen LogP contribution in [-0.4, -0.2) is 5.91 Å². The molecule has 2 aromatic carbocycles. The Morgan fingerprint density at radius 2 is 1.76 bits per heavy atom. The van der Waals surface area contributed by atoms with Gasteiger partial charge in [0.1, 0.15) is 12.2 Å². The first-order chi connectivity index (χ1) is 12.0. The van der Waals surface area contributed by atoms with E-state index < -0.39 is 7.60 Å². The third-order valence-corrected chi connectivity index (χ3v) is 4.77. The first-order valence-corrected chi connectivity index (χ1v) is 9.03. The largest absolute Gasteiger partial charge is 0.451 e. The molecule has 0 aliphatic heterocycles. The average molecular weight is 353 g/mol. The van der Waals surface area contributed by atoms with E-state index in [1.54, 1.807) is 36.4 Å². The quantitative estimate of drug-likeness (QED) is 0.626. The van der Waals surface area contributed by atoms with E-state index in [9.17, 15) is 9.36 Å². The number of benzene rings is 2. The van der Waals surface area contributed by atoms with Gasteiger partial charge in [0.05, 0.1) is 6.16 Å². The van der Waals surface area contributed by atoms with Crippen molar-refractivity contribution in [2.24, 2.45) is 0 Å². The van der Waals surface area contributed by atoms with Crippen molar-refractivity contribution in [2.45, 2.75) is 13.1 Å². The van der Waals surface area contributed by atoms with Gasteiger partial charge < -0.3 is 14.4 Å². The molecular weight excluding hydrogens is 337 g/mol. The molecule has 0 unspecified atom stereocenters. The Morgan fingerprint density at radius 3 is 2.32 bits per heavy atom.